The molecule has 0 aliphatic rings. The number of halogens is 2. The molecule has 0 bridgehead atoms. The fourth-order valence-electron chi connectivity index (χ4n) is 2.77. The molecule has 0 aliphatic heterocycles. The minimum Gasteiger partial charge on any atom is -0.462 e. The van der Waals surface area contributed by atoms with Crippen LogP contribution >= 0.6 is 0 Å². The Balaban J connectivity index is 2.53. The molecular weight excluding hydrogens is 448 g/mol. The Morgan fingerprint density at radius 1 is 1.18 bits per heavy atom. The number of carbonyl (C=O) groups is 2. The third-order valence-corrected chi connectivity index (χ3v) is 4.08. The van der Waals surface area contributed by atoms with Gasteiger partial charge in [-0.05, 0) is 46.8 Å². The summed E-state index contributed by atoms with van der Waals surface area (Å²) in [6, 6.07) is 3.34. The number of esters is 2. The molecule has 1 heterocycles. The maximum absolute atomic E-state index is 14.3. The van der Waals surface area contributed by atoms with Gasteiger partial charge < -0.3 is 15.2 Å². The zero-order valence-electron chi connectivity index (χ0n) is 19.7. The summed E-state index contributed by atoms with van der Waals surface area (Å²) in [4.78, 5) is 40.8. The number of nitrogens with zero attached hydrogens (tertiary/aromatic N) is 4. The molecule has 0 aliphatic carbocycles. The van der Waals surface area contributed by atoms with Crippen LogP contribution in [0.5, 0.6) is 0 Å². The highest BCUT2D eigenvalue weighted by atomic mass is 19.1. The average Bonchev–Trinajstić information content (AvgIpc) is 2.71. The van der Waals surface area contributed by atoms with Gasteiger partial charge in [0.15, 0.2) is 11.6 Å². The summed E-state index contributed by atoms with van der Waals surface area (Å²) in [7, 11) is 0. The highest BCUT2D eigenvalue weighted by molar-refractivity contribution is 6.32. The number of nitrogens with two attached hydrogens (primary N) is 1. The van der Waals surface area contributed by atoms with Gasteiger partial charge in [-0.15, -0.1) is 0 Å². The normalized spacial score (nSPS) is 12.2. The maximum Gasteiger partial charge on any atom is 0.343 e. The van der Waals surface area contributed by atoms with Gasteiger partial charge >= 0.3 is 11.9 Å². The molecule has 1 aromatic heterocycles. The lowest BCUT2D eigenvalue weighted by Crippen LogP contribution is -2.25. The molecule has 0 atom stereocenters. The zero-order valence-corrected chi connectivity index (χ0v) is 19.7. The van der Waals surface area contributed by atoms with E-state index in [-0.39, 0.29) is 48.3 Å². The molecule has 2 aromatic rings. The highest BCUT2D eigenvalue weighted by Gasteiger charge is 2.23. The van der Waals surface area contributed by atoms with E-state index in [9.17, 15) is 18.4 Å². The van der Waals surface area contributed by atoms with Crippen LogP contribution in [0.2, 0.25) is 0 Å². The first-order valence-corrected chi connectivity index (χ1v) is 10.5. The van der Waals surface area contributed by atoms with E-state index in [4.69, 9.17) is 15.2 Å². The van der Waals surface area contributed by atoms with Crippen molar-refractivity contribution >= 4 is 29.7 Å². The van der Waals surface area contributed by atoms with Gasteiger partial charge in [0, 0.05) is 12.8 Å². The number of hydrogen-bond donors (Lipinski definition) is 1. The number of ether oxygens (including phenoxy) is 2. The first-order chi connectivity index (χ1) is 16.0. The van der Waals surface area contributed by atoms with Gasteiger partial charge in [0.25, 0.3) is 0 Å². The number of carbonyl (C=O) groups excluding carboxylic acids is 2. The predicted octanol–water partition coefficient (Wildman–Crippen LogP) is 3.35. The summed E-state index contributed by atoms with van der Waals surface area (Å²) in [5.41, 5.74) is 4.77. The van der Waals surface area contributed by atoms with Gasteiger partial charge in [0.2, 0.25) is 0 Å². The van der Waals surface area contributed by atoms with Crippen molar-refractivity contribution < 1.29 is 27.8 Å². The summed E-state index contributed by atoms with van der Waals surface area (Å²) < 4.78 is 38.9. The van der Waals surface area contributed by atoms with Crippen LogP contribution in [0.25, 0.3) is 11.4 Å². The predicted molar refractivity (Wildman–Crippen MR) is 123 cm³/mol. The number of hydrogen-bond acceptors (Lipinski definition) is 9. The van der Waals surface area contributed by atoms with E-state index in [0.29, 0.717) is 0 Å². The number of aromatic nitrogens is 2. The van der Waals surface area contributed by atoms with Gasteiger partial charge in [0.05, 0.1) is 23.6 Å². The topological polar surface area (TPSA) is 129 Å². The molecule has 0 saturated heterocycles. The Morgan fingerprint density at radius 3 is 2.38 bits per heavy atom. The summed E-state index contributed by atoms with van der Waals surface area (Å²) in [5, 5.41) is 0. The quantitative estimate of drug-likeness (QED) is 0.458. The molecular formula is C23H27F2N5O4. The molecule has 34 heavy (non-hydrogen) atoms. The van der Waals surface area contributed by atoms with Crippen LogP contribution in [0.4, 0.5) is 14.6 Å². The lowest BCUT2D eigenvalue weighted by Gasteiger charge is -2.18. The van der Waals surface area contributed by atoms with E-state index < -0.39 is 34.7 Å². The van der Waals surface area contributed by atoms with Gasteiger partial charge in [0.1, 0.15) is 29.3 Å². The first-order valence-electron chi connectivity index (χ1n) is 10.5. The van der Waals surface area contributed by atoms with E-state index in [0.717, 1.165) is 12.1 Å². The van der Waals surface area contributed by atoms with Gasteiger partial charge in [-0.25, -0.2) is 28.5 Å². The molecule has 0 saturated carbocycles. The fraction of sp³-hybridized carbons (Fsp3) is 0.391. The second-order valence-electron chi connectivity index (χ2n) is 8.01. The number of benzene rings is 1. The molecule has 0 fully saturated rings. The van der Waals surface area contributed by atoms with E-state index in [1.54, 1.807) is 27.7 Å². The van der Waals surface area contributed by atoms with Crippen molar-refractivity contribution in [3.8, 4) is 11.4 Å². The van der Waals surface area contributed by atoms with Crippen molar-refractivity contribution in [1.82, 2.24) is 9.97 Å². The Hall–Kier alpha value is -3.60. The molecule has 182 valence electrons. The van der Waals surface area contributed by atoms with Crippen LogP contribution in [0.15, 0.2) is 28.2 Å². The van der Waals surface area contributed by atoms with Gasteiger partial charge in [-0.1, -0.05) is 6.07 Å². The van der Waals surface area contributed by atoms with E-state index >= 15 is 0 Å². The Labute approximate surface area is 196 Å². The Kier molecular flexibility index (Phi) is 9.02. The van der Waals surface area contributed by atoms with Crippen LogP contribution in [-0.2, 0) is 14.3 Å². The van der Waals surface area contributed by atoms with Crippen molar-refractivity contribution in [3.05, 3.63) is 41.1 Å². The van der Waals surface area contributed by atoms with Crippen LogP contribution in [0.1, 0.15) is 43.7 Å². The SMILES string of the molecule is CCOC(=O)c1c(C)nc(-c2c(F)cccc2F)nc1N=C(C=NCC(=O)OC(C)(C)C)CN. The third-order valence-electron chi connectivity index (χ3n) is 4.08. The lowest BCUT2D eigenvalue weighted by molar-refractivity contribution is -0.152. The minimum absolute atomic E-state index is 0.0756. The standard InChI is InChI=1S/C23H27F2N5O4/c1-6-33-22(32)18-13(2)28-21(19-15(24)8-7-9-16(19)25)30-20(18)29-14(10-26)11-27-12-17(31)34-23(3,4)5/h7-9,11H,6,10,12,26H2,1-5H3. The second kappa shape index (κ2) is 11.5. The molecule has 0 radical (unpaired) electrons. The van der Waals surface area contributed by atoms with E-state index in [2.05, 4.69) is 20.0 Å². The minimum atomic E-state index is -0.879. The molecule has 1 aromatic carbocycles. The van der Waals surface area contributed by atoms with E-state index in [1.165, 1.54) is 19.2 Å². The Bertz CT molecular complexity index is 1110. The van der Waals surface area contributed by atoms with Crippen molar-refractivity contribution in [1.29, 1.82) is 0 Å². The summed E-state index contributed by atoms with van der Waals surface area (Å²) in [6.45, 7) is 7.93. The van der Waals surface area contributed by atoms with Crippen molar-refractivity contribution in [2.45, 2.75) is 40.2 Å². The first kappa shape index (κ1) is 26.7. The largest absolute Gasteiger partial charge is 0.462 e. The second-order valence-corrected chi connectivity index (χ2v) is 8.01. The average molecular weight is 475 g/mol. The number of aryl methyl sites for hydroxylation is 1. The molecule has 0 unspecified atom stereocenters. The monoisotopic (exact) mass is 475 g/mol. The fourth-order valence-corrected chi connectivity index (χ4v) is 2.77. The number of aliphatic imine (C=N–C) groups is 2. The van der Waals surface area contributed by atoms with Crippen LogP contribution in [-0.4, -0.2) is 59.1 Å². The molecule has 2 N–H and O–H groups in total. The van der Waals surface area contributed by atoms with Crippen LogP contribution in [0.3, 0.4) is 0 Å². The summed E-state index contributed by atoms with van der Waals surface area (Å²) in [6.07, 6.45) is 1.24. The molecule has 9 nitrogen and oxygen atoms in total. The highest BCUT2D eigenvalue weighted by Crippen LogP contribution is 2.28. The van der Waals surface area contributed by atoms with Crippen molar-refractivity contribution in [3.63, 3.8) is 0 Å². The molecule has 11 heteroatoms. The zero-order chi connectivity index (χ0) is 25.5. The smallest absolute Gasteiger partial charge is 0.343 e. The third kappa shape index (κ3) is 7.20. The van der Waals surface area contributed by atoms with Gasteiger partial charge in [-0.3, -0.25) is 9.79 Å². The maximum atomic E-state index is 14.3. The Morgan fingerprint density at radius 2 is 1.82 bits per heavy atom. The summed E-state index contributed by atoms with van der Waals surface area (Å²) >= 11 is 0. The number of rotatable bonds is 8. The lowest BCUT2D eigenvalue weighted by atomic mass is 10.1. The van der Waals surface area contributed by atoms with Crippen LogP contribution < -0.4 is 5.73 Å². The molecule has 0 amide bonds. The molecule has 2 rings (SSSR count). The van der Waals surface area contributed by atoms with Crippen molar-refractivity contribution in [2.75, 3.05) is 19.7 Å². The molecule has 0 spiro atoms. The van der Waals surface area contributed by atoms with Crippen LogP contribution in [0, 0.1) is 18.6 Å². The summed E-state index contributed by atoms with van der Waals surface area (Å²) in [5.74, 6) is -3.58. The van der Waals surface area contributed by atoms with E-state index in [1.807, 2.05) is 0 Å². The van der Waals surface area contributed by atoms with Crippen molar-refractivity contribution in [2.24, 2.45) is 15.7 Å². The van der Waals surface area contributed by atoms with Gasteiger partial charge in [-0.2, -0.15) is 0 Å².